The van der Waals surface area contributed by atoms with Gasteiger partial charge in [0.15, 0.2) is 0 Å². The van der Waals surface area contributed by atoms with Gasteiger partial charge in [0.1, 0.15) is 6.61 Å². The zero-order valence-electron chi connectivity index (χ0n) is 17.4. The summed E-state index contributed by atoms with van der Waals surface area (Å²) in [5, 5.41) is 29.8. The number of aliphatic carboxylic acids is 1. The number of fused-ring (bicyclic) bond motifs is 1. The van der Waals surface area contributed by atoms with Crippen molar-refractivity contribution in [1.29, 1.82) is 0 Å². The second-order valence-electron chi connectivity index (χ2n) is 9.02. The van der Waals surface area contributed by atoms with Crippen LogP contribution in [0.4, 0.5) is 0 Å². The smallest absolute Gasteiger partial charge is 0.329 e. The van der Waals surface area contributed by atoms with Crippen molar-refractivity contribution < 1.29 is 24.9 Å². The Bertz CT molecular complexity index is 618. The van der Waals surface area contributed by atoms with Gasteiger partial charge < -0.3 is 20.1 Å². The van der Waals surface area contributed by atoms with E-state index in [4.69, 9.17) is 9.84 Å². The lowest BCUT2D eigenvalue weighted by Crippen LogP contribution is -2.28. The molecule has 0 spiro atoms. The number of rotatable bonds is 11. The van der Waals surface area contributed by atoms with Gasteiger partial charge in [0, 0.05) is 5.92 Å². The van der Waals surface area contributed by atoms with Crippen LogP contribution in [0.5, 0.6) is 0 Å². The third-order valence-electron chi connectivity index (χ3n) is 6.32. The Hall–Kier alpha value is -1.43. The number of carbonyl (C=O) groups is 1. The maximum absolute atomic E-state index is 10.6. The zero-order valence-corrected chi connectivity index (χ0v) is 17.4. The SMILES string of the molecule is C=C(COCC(=O)O)C1=C[C@H]2C[C@@H](O)[C@H](/C=C/[C@@H](O)C(C)(C)CCCC)[C@H]2C1. The monoisotopic (exact) mass is 392 g/mol. The van der Waals surface area contributed by atoms with E-state index in [1.165, 1.54) is 0 Å². The maximum atomic E-state index is 10.6. The highest BCUT2D eigenvalue weighted by atomic mass is 16.5. The van der Waals surface area contributed by atoms with Crippen LogP contribution in [0, 0.1) is 23.2 Å². The van der Waals surface area contributed by atoms with Gasteiger partial charge in [-0.25, -0.2) is 4.79 Å². The average molecular weight is 393 g/mol. The molecule has 5 heteroatoms. The molecular formula is C23H36O5. The number of hydrogen-bond acceptors (Lipinski definition) is 4. The number of carboxylic acids is 1. The fourth-order valence-corrected chi connectivity index (χ4v) is 4.40. The topological polar surface area (TPSA) is 87.0 Å². The third kappa shape index (κ3) is 5.79. The molecular weight excluding hydrogens is 356 g/mol. The largest absolute Gasteiger partial charge is 0.480 e. The first kappa shape index (κ1) is 22.9. The van der Waals surface area contributed by atoms with Gasteiger partial charge in [-0.05, 0) is 47.7 Å². The van der Waals surface area contributed by atoms with Gasteiger partial charge in [0.05, 0.1) is 18.8 Å². The lowest BCUT2D eigenvalue weighted by Gasteiger charge is -2.29. The zero-order chi connectivity index (χ0) is 20.9. The van der Waals surface area contributed by atoms with Crippen LogP contribution in [0.1, 0.15) is 52.9 Å². The first-order chi connectivity index (χ1) is 13.2. The van der Waals surface area contributed by atoms with E-state index < -0.39 is 18.2 Å². The molecule has 0 aromatic carbocycles. The Balaban J connectivity index is 1.94. The molecule has 0 amide bonds. The highest BCUT2D eigenvalue weighted by Crippen LogP contribution is 2.48. The van der Waals surface area contributed by atoms with Crippen LogP contribution >= 0.6 is 0 Å². The molecule has 2 aliphatic carbocycles. The number of aliphatic hydroxyl groups is 2. The first-order valence-electron chi connectivity index (χ1n) is 10.4. The lowest BCUT2D eigenvalue weighted by molar-refractivity contribution is -0.141. The molecule has 2 rings (SSSR count). The van der Waals surface area contributed by atoms with E-state index in [1.54, 1.807) is 0 Å². The summed E-state index contributed by atoms with van der Waals surface area (Å²) < 4.78 is 5.15. The fraction of sp³-hybridized carbons (Fsp3) is 0.696. The number of hydrogen-bond donors (Lipinski definition) is 3. The Morgan fingerprint density at radius 3 is 2.79 bits per heavy atom. The van der Waals surface area contributed by atoms with Crippen LogP contribution < -0.4 is 0 Å². The Morgan fingerprint density at radius 1 is 1.43 bits per heavy atom. The van der Waals surface area contributed by atoms with Gasteiger partial charge in [0.2, 0.25) is 0 Å². The van der Waals surface area contributed by atoms with Gasteiger partial charge in [-0.15, -0.1) is 0 Å². The van der Waals surface area contributed by atoms with Crippen LogP contribution in [-0.2, 0) is 9.53 Å². The summed E-state index contributed by atoms with van der Waals surface area (Å²) in [6, 6.07) is 0. The van der Waals surface area contributed by atoms with Gasteiger partial charge in [-0.1, -0.05) is 58.4 Å². The number of aliphatic hydroxyl groups excluding tert-OH is 2. The first-order valence-corrected chi connectivity index (χ1v) is 10.4. The van der Waals surface area contributed by atoms with Gasteiger partial charge in [-0.3, -0.25) is 0 Å². The van der Waals surface area contributed by atoms with Crippen molar-refractivity contribution in [2.75, 3.05) is 13.2 Å². The summed E-state index contributed by atoms with van der Waals surface area (Å²) in [5.74, 6) is -0.383. The minimum atomic E-state index is -0.987. The molecule has 2 aliphatic rings. The average Bonchev–Trinajstić information content (AvgIpc) is 3.14. The highest BCUT2D eigenvalue weighted by molar-refractivity contribution is 5.68. The molecule has 0 radical (unpaired) electrons. The molecule has 0 unspecified atom stereocenters. The van der Waals surface area contributed by atoms with E-state index in [0.29, 0.717) is 18.3 Å². The minimum absolute atomic E-state index is 0.0168. The molecule has 0 aromatic heterocycles. The van der Waals surface area contributed by atoms with Crippen molar-refractivity contribution in [2.24, 2.45) is 23.2 Å². The van der Waals surface area contributed by atoms with Gasteiger partial charge in [-0.2, -0.15) is 0 Å². The standard InChI is InChI=1S/C23H36O5/c1-5-6-9-23(3,4)21(25)8-7-18-19-11-16(10-17(19)12-20(18)24)15(2)13-28-14-22(26)27/h7-8,10,17-21,24-25H,2,5-6,9,11-14H2,1,3-4H3,(H,26,27)/b8-7+/t17-,18+,19-,20+,21+/m0/s1. The van der Waals surface area contributed by atoms with E-state index in [1.807, 2.05) is 12.2 Å². The van der Waals surface area contributed by atoms with E-state index in [9.17, 15) is 15.0 Å². The normalized spacial score (nSPS) is 28.4. The van der Waals surface area contributed by atoms with E-state index >= 15 is 0 Å². The molecule has 0 heterocycles. The number of unbranched alkanes of at least 4 members (excludes halogenated alkanes) is 1. The molecule has 0 bridgehead atoms. The van der Waals surface area contributed by atoms with E-state index in [0.717, 1.165) is 36.8 Å². The molecule has 0 aliphatic heterocycles. The predicted octanol–water partition coefficient (Wildman–Crippen LogP) is 3.72. The molecule has 5 nitrogen and oxygen atoms in total. The highest BCUT2D eigenvalue weighted by Gasteiger charge is 2.43. The Morgan fingerprint density at radius 2 is 2.14 bits per heavy atom. The molecule has 28 heavy (non-hydrogen) atoms. The minimum Gasteiger partial charge on any atom is -0.480 e. The summed E-state index contributed by atoms with van der Waals surface area (Å²) in [4.78, 5) is 10.6. The second kappa shape index (κ2) is 9.86. The number of allylic oxidation sites excluding steroid dienone is 1. The Kier molecular flexibility index (Phi) is 8.05. The maximum Gasteiger partial charge on any atom is 0.329 e. The predicted molar refractivity (Wildman–Crippen MR) is 110 cm³/mol. The lowest BCUT2D eigenvalue weighted by atomic mass is 9.80. The van der Waals surface area contributed by atoms with Crippen molar-refractivity contribution in [2.45, 2.75) is 65.1 Å². The van der Waals surface area contributed by atoms with Crippen LogP contribution in [0.2, 0.25) is 0 Å². The summed E-state index contributed by atoms with van der Waals surface area (Å²) in [6.07, 6.45) is 9.80. The van der Waals surface area contributed by atoms with Gasteiger partial charge >= 0.3 is 5.97 Å². The number of carboxylic acid groups (broad SMARTS) is 1. The Labute approximate surface area is 168 Å². The van der Waals surface area contributed by atoms with Crippen LogP contribution in [0.25, 0.3) is 0 Å². The summed E-state index contributed by atoms with van der Waals surface area (Å²) in [5.41, 5.74) is 1.74. The summed E-state index contributed by atoms with van der Waals surface area (Å²) in [6.45, 7) is 10.2. The molecule has 0 aromatic rings. The quantitative estimate of drug-likeness (QED) is 0.467. The van der Waals surface area contributed by atoms with Crippen molar-refractivity contribution in [3.05, 3.63) is 36.0 Å². The summed E-state index contributed by atoms with van der Waals surface area (Å²) in [7, 11) is 0. The number of ether oxygens (including phenoxy) is 1. The van der Waals surface area contributed by atoms with Crippen LogP contribution in [0.3, 0.4) is 0 Å². The van der Waals surface area contributed by atoms with E-state index in [2.05, 4.69) is 33.4 Å². The molecule has 1 saturated carbocycles. The van der Waals surface area contributed by atoms with Crippen molar-refractivity contribution in [3.8, 4) is 0 Å². The molecule has 3 N–H and O–H groups in total. The van der Waals surface area contributed by atoms with Crippen LogP contribution in [0.15, 0.2) is 36.0 Å². The van der Waals surface area contributed by atoms with Gasteiger partial charge in [0.25, 0.3) is 0 Å². The molecule has 158 valence electrons. The summed E-state index contributed by atoms with van der Waals surface area (Å²) >= 11 is 0. The van der Waals surface area contributed by atoms with Crippen molar-refractivity contribution >= 4 is 5.97 Å². The third-order valence-corrected chi connectivity index (χ3v) is 6.32. The molecule has 0 saturated heterocycles. The molecule has 1 fully saturated rings. The van der Waals surface area contributed by atoms with Crippen molar-refractivity contribution in [1.82, 2.24) is 0 Å². The second-order valence-corrected chi connectivity index (χ2v) is 9.02. The van der Waals surface area contributed by atoms with Crippen molar-refractivity contribution in [3.63, 3.8) is 0 Å². The molecule has 5 atom stereocenters. The van der Waals surface area contributed by atoms with Crippen LogP contribution in [-0.4, -0.2) is 46.7 Å². The fourth-order valence-electron chi connectivity index (χ4n) is 4.40. The van der Waals surface area contributed by atoms with E-state index in [-0.39, 0.29) is 24.5 Å².